The number of pyridine rings is 2. The summed E-state index contributed by atoms with van der Waals surface area (Å²) in [7, 11) is 2.72. The third-order valence-corrected chi connectivity index (χ3v) is 6.43. The Morgan fingerprint density at radius 3 is 2.68 bits per heavy atom. The Bertz CT molecular complexity index is 1340. The maximum Gasteiger partial charge on any atom is 0.303 e. The molecule has 2 aromatic carbocycles. The average molecular weight is 476 g/mol. The highest BCUT2D eigenvalue weighted by molar-refractivity contribution is 7.16. The molecule has 0 spiro atoms. The highest BCUT2D eigenvalue weighted by Crippen LogP contribution is 2.29. The van der Waals surface area contributed by atoms with Gasteiger partial charge in [-0.3, -0.25) is 9.78 Å². The van der Waals surface area contributed by atoms with Gasteiger partial charge in [0.15, 0.2) is 5.82 Å². The van der Waals surface area contributed by atoms with Crippen LogP contribution in [0, 0.1) is 6.92 Å². The number of nitrogens with zero attached hydrogens (tertiary/aromatic N) is 2. The molecular formula is C27H30N3O3P. The highest BCUT2D eigenvalue weighted by atomic mass is 31.0. The normalized spacial score (nSPS) is 11.2. The Labute approximate surface area is 201 Å². The summed E-state index contributed by atoms with van der Waals surface area (Å²) in [6, 6.07) is 14.3. The number of nitrogen functional groups attached to an aromatic ring is 1. The fourth-order valence-electron chi connectivity index (χ4n) is 4.13. The van der Waals surface area contributed by atoms with E-state index in [1.54, 1.807) is 0 Å². The number of benzene rings is 2. The summed E-state index contributed by atoms with van der Waals surface area (Å²) in [4.78, 5) is 20.0. The summed E-state index contributed by atoms with van der Waals surface area (Å²) < 4.78 is 5.81. The minimum absolute atomic E-state index is 0.0880. The first-order valence-electron chi connectivity index (χ1n) is 11.6. The SMILES string of the molecule is Cc1cc(OCCCP)ccc1CCc1cnc2c(N)nc3cc(CCC(=O)O)ccc3c2c1. The second-order valence-electron chi connectivity index (χ2n) is 8.56. The number of hydrogen-bond donors (Lipinski definition) is 2. The van der Waals surface area contributed by atoms with Gasteiger partial charge in [-0.1, -0.05) is 18.2 Å². The number of rotatable bonds is 10. The van der Waals surface area contributed by atoms with E-state index in [9.17, 15) is 4.79 Å². The lowest BCUT2D eigenvalue weighted by Gasteiger charge is -2.11. The number of hydrogen-bond acceptors (Lipinski definition) is 5. The van der Waals surface area contributed by atoms with Crippen LogP contribution in [0.4, 0.5) is 5.82 Å². The molecule has 1 unspecified atom stereocenters. The van der Waals surface area contributed by atoms with Gasteiger partial charge in [-0.2, -0.15) is 0 Å². The Kier molecular flexibility index (Phi) is 7.59. The predicted octanol–water partition coefficient (Wildman–Crippen LogP) is 5.12. The molecule has 2 aromatic heterocycles. The first-order valence-corrected chi connectivity index (χ1v) is 12.4. The molecule has 4 aromatic rings. The number of aromatic nitrogens is 2. The zero-order chi connectivity index (χ0) is 24.1. The second kappa shape index (κ2) is 10.8. The molecular weight excluding hydrogens is 445 g/mol. The second-order valence-corrected chi connectivity index (χ2v) is 9.14. The smallest absolute Gasteiger partial charge is 0.303 e. The van der Waals surface area contributed by atoms with E-state index in [2.05, 4.69) is 44.3 Å². The van der Waals surface area contributed by atoms with Crippen molar-refractivity contribution < 1.29 is 14.6 Å². The third-order valence-electron chi connectivity index (χ3n) is 6.02. The van der Waals surface area contributed by atoms with Crippen LogP contribution in [0.2, 0.25) is 0 Å². The van der Waals surface area contributed by atoms with Gasteiger partial charge in [0.05, 0.1) is 12.1 Å². The number of aliphatic carboxylic acids is 1. The summed E-state index contributed by atoms with van der Waals surface area (Å²) in [6.07, 6.45) is 6.26. The molecule has 7 heteroatoms. The van der Waals surface area contributed by atoms with Crippen molar-refractivity contribution in [3.8, 4) is 5.75 Å². The first-order chi connectivity index (χ1) is 16.4. The quantitative estimate of drug-likeness (QED) is 0.188. The van der Waals surface area contributed by atoms with Crippen molar-refractivity contribution in [3.63, 3.8) is 0 Å². The van der Waals surface area contributed by atoms with E-state index < -0.39 is 5.97 Å². The highest BCUT2D eigenvalue weighted by Gasteiger charge is 2.11. The van der Waals surface area contributed by atoms with E-state index in [4.69, 9.17) is 15.6 Å². The molecule has 0 aliphatic carbocycles. The van der Waals surface area contributed by atoms with Gasteiger partial charge in [0.1, 0.15) is 11.3 Å². The Balaban J connectivity index is 1.55. The molecule has 6 nitrogen and oxygen atoms in total. The van der Waals surface area contributed by atoms with Crippen LogP contribution in [-0.2, 0) is 24.1 Å². The molecule has 0 bridgehead atoms. The average Bonchev–Trinajstić information content (AvgIpc) is 2.82. The van der Waals surface area contributed by atoms with E-state index in [0.29, 0.717) is 17.8 Å². The summed E-state index contributed by atoms with van der Waals surface area (Å²) in [6.45, 7) is 2.86. The third kappa shape index (κ3) is 5.63. The van der Waals surface area contributed by atoms with Gasteiger partial charge in [-0.25, -0.2) is 4.98 Å². The molecule has 176 valence electrons. The minimum Gasteiger partial charge on any atom is -0.494 e. The molecule has 0 aliphatic rings. The molecule has 4 rings (SSSR count). The van der Waals surface area contributed by atoms with Crippen molar-refractivity contribution in [1.29, 1.82) is 0 Å². The monoisotopic (exact) mass is 475 g/mol. The van der Waals surface area contributed by atoms with Gasteiger partial charge in [0.25, 0.3) is 0 Å². The van der Waals surface area contributed by atoms with Gasteiger partial charge in [0, 0.05) is 23.4 Å². The van der Waals surface area contributed by atoms with Crippen LogP contribution in [-0.4, -0.2) is 33.8 Å². The van der Waals surface area contributed by atoms with Crippen LogP contribution >= 0.6 is 9.24 Å². The van der Waals surface area contributed by atoms with Crippen molar-refractivity contribution in [2.75, 3.05) is 18.5 Å². The van der Waals surface area contributed by atoms with Crippen LogP contribution in [0.25, 0.3) is 21.8 Å². The van der Waals surface area contributed by atoms with Crippen LogP contribution < -0.4 is 10.5 Å². The number of carbonyl (C=O) groups is 1. The molecule has 0 radical (unpaired) electrons. The summed E-state index contributed by atoms with van der Waals surface area (Å²) in [5, 5.41) is 10.9. The first kappa shape index (κ1) is 23.9. The lowest BCUT2D eigenvalue weighted by molar-refractivity contribution is -0.136. The Morgan fingerprint density at radius 1 is 1.06 bits per heavy atom. The maximum atomic E-state index is 10.9. The van der Waals surface area contributed by atoms with Crippen molar-refractivity contribution in [2.24, 2.45) is 0 Å². The van der Waals surface area contributed by atoms with E-state index in [1.807, 2.05) is 30.5 Å². The van der Waals surface area contributed by atoms with E-state index >= 15 is 0 Å². The van der Waals surface area contributed by atoms with Gasteiger partial charge in [0.2, 0.25) is 0 Å². The zero-order valence-corrected chi connectivity index (χ0v) is 20.5. The maximum absolute atomic E-state index is 10.9. The fourth-order valence-corrected chi connectivity index (χ4v) is 4.30. The number of anilines is 1. The predicted molar refractivity (Wildman–Crippen MR) is 141 cm³/mol. The minimum atomic E-state index is -0.812. The molecule has 3 N–H and O–H groups in total. The number of carboxylic acid groups (broad SMARTS) is 1. The number of aryl methyl sites for hydroxylation is 4. The summed E-state index contributed by atoms with van der Waals surface area (Å²) in [5.41, 5.74) is 12.2. The Morgan fingerprint density at radius 2 is 1.91 bits per heavy atom. The molecule has 0 amide bonds. The zero-order valence-electron chi connectivity index (χ0n) is 19.4. The van der Waals surface area contributed by atoms with Crippen LogP contribution in [0.1, 0.15) is 35.1 Å². The number of nitrogens with two attached hydrogens (primary N) is 1. The molecule has 34 heavy (non-hydrogen) atoms. The van der Waals surface area contributed by atoms with Crippen molar-refractivity contribution in [3.05, 3.63) is 70.9 Å². The molecule has 0 aliphatic heterocycles. The van der Waals surface area contributed by atoms with Crippen molar-refractivity contribution >= 4 is 42.8 Å². The molecule has 0 saturated carbocycles. The van der Waals surface area contributed by atoms with Crippen molar-refractivity contribution in [1.82, 2.24) is 9.97 Å². The van der Waals surface area contributed by atoms with Crippen molar-refractivity contribution in [2.45, 2.75) is 39.0 Å². The van der Waals surface area contributed by atoms with Gasteiger partial charge < -0.3 is 15.6 Å². The topological polar surface area (TPSA) is 98.3 Å². The van der Waals surface area contributed by atoms with Gasteiger partial charge in [-0.15, -0.1) is 9.24 Å². The van der Waals surface area contributed by atoms with E-state index in [-0.39, 0.29) is 6.42 Å². The number of ether oxygens (including phenoxy) is 1. The number of carboxylic acids is 1. The van der Waals surface area contributed by atoms with E-state index in [0.717, 1.165) is 65.2 Å². The van der Waals surface area contributed by atoms with Gasteiger partial charge >= 0.3 is 5.97 Å². The molecule has 0 fully saturated rings. The molecule has 0 saturated heterocycles. The molecule has 2 heterocycles. The summed E-state index contributed by atoms with van der Waals surface area (Å²) >= 11 is 0. The Hall–Kier alpha value is -3.24. The number of fused-ring (bicyclic) bond motifs is 3. The lowest BCUT2D eigenvalue weighted by Crippen LogP contribution is -2.01. The largest absolute Gasteiger partial charge is 0.494 e. The van der Waals surface area contributed by atoms with Crippen LogP contribution in [0.15, 0.2) is 48.7 Å². The van der Waals surface area contributed by atoms with Crippen LogP contribution in [0.5, 0.6) is 5.75 Å². The fraction of sp³-hybridized carbons (Fsp3) is 0.296. The van der Waals surface area contributed by atoms with E-state index in [1.165, 1.54) is 11.1 Å². The van der Waals surface area contributed by atoms with Gasteiger partial charge in [-0.05, 0) is 85.3 Å². The lowest BCUT2D eigenvalue weighted by atomic mass is 9.99. The molecule has 1 atom stereocenters. The van der Waals surface area contributed by atoms with Crippen LogP contribution in [0.3, 0.4) is 0 Å². The summed E-state index contributed by atoms with van der Waals surface area (Å²) in [5.74, 6) is 0.495. The standard InChI is InChI=1S/C27H30N3O3P/c1-17-13-21(33-11-2-12-34)8-7-20(17)6-3-19-14-23-22-9-4-18(5-10-25(31)32)15-24(22)30-27(28)26(23)29-16-19/h4,7-9,13-16H,2-3,5-6,10-12,34H2,1H3,(H2,28,30)(H,31,32).